The molecule has 0 aliphatic carbocycles. The average molecular weight is 394 g/mol. The topological polar surface area (TPSA) is 97.6 Å². The number of hydrogen-bond donors (Lipinski definition) is 1. The van der Waals surface area contributed by atoms with Gasteiger partial charge in [0, 0.05) is 12.3 Å². The molecule has 2 aromatic carbocycles. The van der Waals surface area contributed by atoms with Crippen LogP contribution in [0.2, 0.25) is 0 Å². The smallest absolute Gasteiger partial charge is 0.338 e. The quantitative estimate of drug-likeness (QED) is 0.303. The van der Waals surface area contributed by atoms with Gasteiger partial charge in [-0.05, 0) is 55.0 Å². The summed E-state index contributed by atoms with van der Waals surface area (Å²) < 4.78 is 15.3. The standard InChI is InChI=1S/C22H22N2O5/c1-3-28-12-13-29-22(26)17-6-8-19(9-7-17)24-21(25)18(15-23)14-16-4-10-20(27-2)11-5-16/h4-11,14H,3,12-13H2,1-2H3,(H,24,25)/b18-14+. The molecule has 0 spiro atoms. The Morgan fingerprint density at radius 1 is 1.07 bits per heavy atom. The minimum Gasteiger partial charge on any atom is -0.497 e. The number of benzene rings is 2. The van der Waals surface area contributed by atoms with Crippen molar-refractivity contribution in [3.05, 3.63) is 65.2 Å². The number of hydrogen-bond acceptors (Lipinski definition) is 6. The molecule has 0 aromatic heterocycles. The van der Waals surface area contributed by atoms with E-state index in [-0.39, 0.29) is 12.2 Å². The molecular weight excluding hydrogens is 372 g/mol. The number of ether oxygens (including phenoxy) is 3. The fourth-order valence-electron chi connectivity index (χ4n) is 2.32. The largest absolute Gasteiger partial charge is 0.497 e. The highest BCUT2D eigenvalue weighted by Crippen LogP contribution is 2.16. The molecule has 7 nitrogen and oxygen atoms in total. The monoisotopic (exact) mass is 394 g/mol. The van der Waals surface area contributed by atoms with Crippen molar-refractivity contribution in [1.29, 1.82) is 5.26 Å². The number of methoxy groups -OCH3 is 1. The molecule has 0 unspecified atom stereocenters. The maximum atomic E-state index is 12.4. The van der Waals surface area contributed by atoms with E-state index < -0.39 is 11.9 Å². The first kappa shape index (κ1) is 21.7. The summed E-state index contributed by atoms with van der Waals surface area (Å²) in [7, 11) is 1.56. The molecule has 0 fully saturated rings. The van der Waals surface area contributed by atoms with Crippen LogP contribution in [0.3, 0.4) is 0 Å². The average Bonchev–Trinajstić information content (AvgIpc) is 2.75. The van der Waals surface area contributed by atoms with Crippen LogP contribution >= 0.6 is 0 Å². The Morgan fingerprint density at radius 2 is 1.76 bits per heavy atom. The van der Waals surface area contributed by atoms with Crippen molar-refractivity contribution in [3.63, 3.8) is 0 Å². The fraction of sp³-hybridized carbons (Fsp3) is 0.227. The van der Waals surface area contributed by atoms with Gasteiger partial charge in [0.05, 0.1) is 19.3 Å². The van der Waals surface area contributed by atoms with Gasteiger partial charge < -0.3 is 19.5 Å². The Morgan fingerprint density at radius 3 is 2.34 bits per heavy atom. The van der Waals surface area contributed by atoms with Crippen molar-refractivity contribution in [1.82, 2.24) is 0 Å². The molecule has 0 atom stereocenters. The molecule has 0 bridgehead atoms. The van der Waals surface area contributed by atoms with Crippen molar-refractivity contribution in [3.8, 4) is 11.8 Å². The summed E-state index contributed by atoms with van der Waals surface area (Å²) in [5.74, 6) is -0.336. The van der Waals surface area contributed by atoms with E-state index in [0.29, 0.717) is 35.8 Å². The molecule has 2 aromatic rings. The van der Waals surface area contributed by atoms with E-state index in [0.717, 1.165) is 0 Å². The Kier molecular flexibility index (Phi) is 8.42. The maximum Gasteiger partial charge on any atom is 0.338 e. The molecule has 1 N–H and O–H groups in total. The second-order valence-corrected chi connectivity index (χ2v) is 5.81. The number of rotatable bonds is 9. The van der Waals surface area contributed by atoms with Gasteiger partial charge in [-0.2, -0.15) is 5.26 Å². The van der Waals surface area contributed by atoms with Gasteiger partial charge in [0.25, 0.3) is 5.91 Å². The molecule has 7 heteroatoms. The number of anilines is 1. The molecule has 150 valence electrons. The van der Waals surface area contributed by atoms with Gasteiger partial charge in [-0.15, -0.1) is 0 Å². The summed E-state index contributed by atoms with van der Waals surface area (Å²) >= 11 is 0. The van der Waals surface area contributed by atoms with E-state index in [1.807, 2.05) is 13.0 Å². The predicted molar refractivity (Wildman–Crippen MR) is 108 cm³/mol. The van der Waals surface area contributed by atoms with Crippen molar-refractivity contribution >= 4 is 23.6 Å². The number of esters is 1. The van der Waals surface area contributed by atoms with Crippen LogP contribution in [-0.4, -0.2) is 38.8 Å². The van der Waals surface area contributed by atoms with E-state index in [1.165, 1.54) is 18.2 Å². The lowest BCUT2D eigenvalue weighted by molar-refractivity contribution is -0.112. The molecule has 0 saturated heterocycles. The van der Waals surface area contributed by atoms with E-state index in [1.54, 1.807) is 43.5 Å². The molecule has 0 aliphatic heterocycles. The summed E-state index contributed by atoms with van der Waals surface area (Å²) in [6, 6.07) is 15.1. The highest BCUT2D eigenvalue weighted by Gasteiger charge is 2.11. The number of nitriles is 1. The summed E-state index contributed by atoms with van der Waals surface area (Å²) in [6.45, 7) is 2.93. The van der Waals surface area contributed by atoms with Crippen molar-refractivity contribution in [2.45, 2.75) is 6.92 Å². The molecule has 2 rings (SSSR count). The minimum atomic E-state index is -0.546. The van der Waals surface area contributed by atoms with Crippen LogP contribution in [0.15, 0.2) is 54.1 Å². The summed E-state index contributed by atoms with van der Waals surface area (Å²) in [4.78, 5) is 24.3. The molecule has 29 heavy (non-hydrogen) atoms. The zero-order valence-electron chi connectivity index (χ0n) is 16.3. The van der Waals surface area contributed by atoms with Gasteiger partial charge in [-0.3, -0.25) is 4.79 Å². The Balaban J connectivity index is 1.98. The SMILES string of the molecule is CCOCCOC(=O)c1ccc(NC(=O)/C(C#N)=C/c2ccc(OC)cc2)cc1. The number of amides is 1. The predicted octanol–water partition coefficient (Wildman–Crippen LogP) is 3.43. The highest BCUT2D eigenvalue weighted by molar-refractivity contribution is 6.09. The Bertz CT molecular complexity index is 896. The molecule has 0 saturated carbocycles. The highest BCUT2D eigenvalue weighted by atomic mass is 16.6. The zero-order valence-corrected chi connectivity index (χ0v) is 16.3. The van der Waals surface area contributed by atoms with Gasteiger partial charge in [-0.1, -0.05) is 12.1 Å². The third kappa shape index (κ3) is 6.79. The fourth-order valence-corrected chi connectivity index (χ4v) is 2.32. The van der Waals surface area contributed by atoms with Gasteiger partial charge in [0.15, 0.2) is 0 Å². The number of nitrogens with zero attached hydrogens (tertiary/aromatic N) is 1. The second-order valence-electron chi connectivity index (χ2n) is 5.81. The number of nitrogens with one attached hydrogen (secondary N) is 1. The maximum absolute atomic E-state index is 12.4. The first-order valence-electron chi connectivity index (χ1n) is 8.99. The van der Waals surface area contributed by atoms with Crippen LogP contribution in [0.1, 0.15) is 22.8 Å². The zero-order chi connectivity index (χ0) is 21.1. The lowest BCUT2D eigenvalue weighted by Gasteiger charge is -2.07. The molecule has 0 radical (unpaired) electrons. The van der Waals surface area contributed by atoms with Gasteiger partial charge in [0.2, 0.25) is 0 Å². The van der Waals surface area contributed by atoms with Crippen molar-refractivity contribution in [2.75, 3.05) is 32.2 Å². The third-order valence-corrected chi connectivity index (χ3v) is 3.84. The summed E-state index contributed by atoms with van der Waals surface area (Å²) in [6.07, 6.45) is 1.49. The van der Waals surface area contributed by atoms with E-state index >= 15 is 0 Å². The normalized spacial score (nSPS) is 10.7. The van der Waals surface area contributed by atoms with Crippen LogP contribution in [0.5, 0.6) is 5.75 Å². The van der Waals surface area contributed by atoms with Gasteiger partial charge >= 0.3 is 5.97 Å². The molecule has 0 heterocycles. The van der Waals surface area contributed by atoms with Gasteiger partial charge in [0.1, 0.15) is 24.0 Å². The Hall–Kier alpha value is -3.63. The lowest BCUT2D eigenvalue weighted by atomic mass is 10.1. The van der Waals surface area contributed by atoms with Crippen molar-refractivity contribution < 1.29 is 23.8 Å². The molecule has 0 aliphatic rings. The van der Waals surface area contributed by atoms with E-state index in [2.05, 4.69) is 5.32 Å². The molecular formula is C22H22N2O5. The van der Waals surface area contributed by atoms with E-state index in [4.69, 9.17) is 14.2 Å². The first-order valence-corrected chi connectivity index (χ1v) is 8.99. The Labute approximate surface area is 169 Å². The minimum absolute atomic E-state index is 0.0467. The molecule has 1 amide bonds. The summed E-state index contributed by atoms with van der Waals surface area (Å²) in [5, 5.41) is 11.9. The number of carbonyl (C=O) groups excluding carboxylic acids is 2. The first-order chi connectivity index (χ1) is 14.1. The van der Waals surface area contributed by atoms with Gasteiger partial charge in [-0.25, -0.2) is 4.79 Å². The number of carbonyl (C=O) groups is 2. The van der Waals surface area contributed by atoms with E-state index in [9.17, 15) is 14.9 Å². The van der Waals surface area contributed by atoms with Crippen LogP contribution in [0.25, 0.3) is 6.08 Å². The summed E-state index contributed by atoms with van der Waals surface area (Å²) in [5.41, 5.74) is 1.46. The van der Waals surface area contributed by atoms with Crippen molar-refractivity contribution in [2.24, 2.45) is 0 Å². The van der Waals surface area contributed by atoms with Crippen LogP contribution in [0, 0.1) is 11.3 Å². The van der Waals surface area contributed by atoms with Crippen LogP contribution in [0.4, 0.5) is 5.69 Å². The lowest BCUT2D eigenvalue weighted by Crippen LogP contribution is -2.14. The van der Waals surface area contributed by atoms with Crippen LogP contribution < -0.4 is 10.1 Å². The van der Waals surface area contributed by atoms with Crippen LogP contribution in [-0.2, 0) is 14.3 Å². The third-order valence-electron chi connectivity index (χ3n) is 3.84. The second kappa shape index (κ2) is 11.3.